The van der Waals surface area contributed by atoms with Gasteiger partial charge in [-0.3, -0.25) is 14.9 Å². The molecule has 8 heteroatoms. The lowest BCUT2D eigenvalue weighted by Crippen LogP contribution is -2.27. The maximum atomic E-state index is 13.3. The topological polar surface area (TPSA) is 72.2 Å². The normalized spacial score (nSPS) is 11.8. The number of hydrogen-bond acceptors (Lipinski definition) is 3. The molecule has 2 rings (SSSR count). The zero-order chi connectivity index (χ0) is 17.1. The van der Waals surface area contributed by atoms with Gasteiger partial charge in [-0.1, -0.05) is 29.3 Å². The van der Waals surface area contributed by atoms with Gasteiger partial charge in [0.2, 0.25) is 5.82 Å². The van der Waals surface area contributed by atoms with Crippen LogP contribution in [0.2, 0.25) is 10.0 Å². The van der Waals surface area contributed by atoms with Crippen molar-refractivity contribution in [3.63, 3.8) is 0 Å². The van der Waals surface area contributed by atoms with Crippen molar-refractivity contribution in [1.29, 1.82) is 0 Å². The number of rotatable bonds is 4. The fraction of sp³-hybridized carbons (Fsp3) is 0.133. The molecule has 0 radical (unpaired) electrons. The molecule has 0 saturated heterocycles. The molecule has 1 atom stereocenters. The van der Waals surface area contributed by atoms with E-state index in [1.165, 1.54) is 6.07 Å². The largest absolute Gasteiger partial charge is 0.345 e. The van der Waals surface area contributed by atoms with Gasteiger partial charge in [0.1, 0.15) is 0 Å². The van der Waals surface area contributed by atoms with Crippen LogP contribution in [-0.2, 0) is 0 Å². The number of nitrogens with zero attached hydrogens (tertiary/aromatic N) is 1. The second kappa shape index (κ2) is 6.93. The van der Waals surface area contributed by atoms with Gasteiger partial charge in [-0.05, 0) is 36.8 Å². The maximum Gasteiger partial charge on any atom is 0.305 e. The van der Waals surface area contributed by atoms with Crippen molar-refractivity contribution >= 4 is 34.8 Å². The zero-order valence-corrected chi connectivity index (χ0v) is 13.4. The third kappa shape index (κ3) is 3.97. The lowest BCUT2D eigenvalue weighted by Gasteiger charge is -2.16. The van der Waals surface area contributed by atoms with Crippen LogP contribution >= 0.6 is 23.2 Å². The number of hydrogen-bond donors (Lipinski definition) is 1. The van der Waals surface area contributed by atoms with Crippen molar-refractivity contribution in [2.75, 3.05) is 0 Å². The van der Waals surface area contributed by atoms with Crippen LogP contribution in [0.1, 0.15) is 28.9 Å². The Hall–Kier alpha value is -2.18. The zero-order valence-electron chi connectivity index (χ0n) is 11.8. The molecular weight excluding hydrogens is 346 g/mol. The molecule has 0 aliphatic heterocycles. The van der Waals surface area contributed by atoms with Gasteiger partial charge >= 0.3 is 5.69 Å². The first kappa shape index (κ1) is 17.2. The second-order valence-corrected chi connectivity index (χ2v) is 5.63. The second-order valence-electron chi connectivity index (χ2n) is 4.78. The van der Waals surface area contributed by atoms with E-state index in [9.17, 15) is 19.3 Å². The van der Waals surface area contributed by atoms with Crippen molar-refractivity contribution < 1.29 is 14.1 Å². The summed E-state index contributed by atoms with van der Waals surface area (Å²) in [6, 6.07) is 7.33. The molecule has 0 aromatic heterocycles. The van der Waals surface area contributed by atoms with E-state index in [1.807, 2.05) is 0 Å². The lowest BCUT2D eigenvalue weighted by molar-refractivity contribution is -0.387. The molecule has 0 fully saturated rings. The molecule has 0 aliphatic carbocycles. The van der Waals surface area contributed by atoms with Gasteiger partial charge in [-0.2, -0.15) is 4.39 Å². The summed E-state index contributed by atoms with van der Waals surface area (Å²) in [5.41, 5.74) is -0.133. The number of carbonyl (C=O) groups is 1. The van der Waals surface area contributed by atoms with Gasteiger partial charge in [-0.25, -0.2) is 0 Å². The lowest BCUT2D eigenvalue weighted by atomic mass is 10.1. The van der Waals surface area contributed by atoms with Crippen LogP contribution in [0.5, 0.6) is 0 Å². The van der Waals surface area contributed by atoms with Crippen LogP contribution in [-0.4, -0.2) is 10.8 Å². The molecule has 1 amide bonds. The molecule has 0 unspecified atom stereocenters. The Kier molecular flexibility index (Phi) is 5.18. The molecule has 5 nitrogen and oxygen atoms in total. The minimum atomic E-state index is -1.000. The molecule has 2 aromatic carbocycles. The molecule has 0 bridgehead atoms. The Morgan fingerprint density at radius 1 is 1.26 bits per heavy atom. The molecule has 120 valence electrons. The Labute approximate surface area is 141 Å². The van der Waals surface area contributed by atoms with Crippen LogP contribution in [0, 0.1) is 15.9 Å². The van der Waals surface area contributed by atoms with Crippen LogP contribution in [0.15, 0.2) is 36.4 Å². The first-order valence-corrected chi connectivity index (χ1v) is 7.25. The first-order valence-electron chi connectivity index (χ1n) is 6.49. The number of carbonyl (C=O) groups excluding carboxylic acids is 1. The number of nitro groups is 1. The smallest absolute Gasteiger partial charge is 0.305 e. The van der Waals surface area contributed by atoms with E-state index in [0.717, 1.165) is 12.1 Å². The number of nitro benzene ring substituents is 1. The third-order valence-electron chi connectivity index (χ3n) is 3.18. The minimum absolute atomic E-state index is 0.0185. The standard InChI is InChI=1S/C15H11Cl2FN2O3/c1-8(11-4-3-10(16)7-12(11)17)19-15(21)9-2-5-13(18)14(6-9)20(22)23/h2-8H,1H3,(H,19,21)/t8-/m1/s1. The molecule has 2 aromatic rings. The fourth-order valence-corrected chi connectivity index (χ4v) is 2.58. The van der Waals surface area contributed by atoms with E-state index < -0.39 is 28.4 Å². The van der Waals surface area contributed by atoms with E-state index in [-0.39, 0.29) is 5.56 Å². The number of benzene rings is 2. The average molecular weight is 357 g/mol. The first-order chi connectivity index (χ1) is 10.8. The van der Waals surface area contributed by atoms with Gasteiger partial charge in [-0.15, -0.1) is 0 Å². The third-order valence-corrected chi connectivity index (χ3v) is 3.74. The summed E-state index contributed by atoms with van der Waals surface area (Å²) in [5, 5.41) is 14.2. The summed E-state index contributed by atoms with van der Waals surface area (Å²) in [6.45, 7) is 1.70. The summed E-state index contributed by atoms with van der Waals surface area (Å²) < 4.78 is 13.3. The molecule has 23 heavy (non-hydrogen) atoms. The van der Waals surface area contributed by atoms with Crippen LogP contribution < -0.4 is 5.32 Å². The predicted octanol–water partition coefficient (Wildman–Crippen LogP) is 4.53. The van der Waals surface area contributed by atoms with Crippen molar-refractivity contribution in [2.45, 2.75) is 13.0 Å². The van der Waals surface area contributed by atoms with Crippen molar-refractivity contribution in [3.05, 3.63) is 73.5 Å². The minimum Gasteiger partial charge on any atom is -0.345 e. The van der Waals surface area contributed by atoms with Gasteiger partial charge in [0.05, 0.1) is 11.0 Å². The van der Waals surface area contributed by atoms with Gasteiger partial charge in [0.25, 0.3) is 5.91 Å². The Bertz CT molecular complexity index is 783. The highest BCUT2D eigenvalue weighted by Crippen LogP contribution is 2.26. The van der Waals surface area contributed by atoms with Crippen molar-refractivity contribution in [3.8, 4) is 0 Å². The molecule has 0 saturated carbocycles. The Morgan fingerprint density at radius 2 is 1.96 bits per heavy atom. The summed E-state index contributed by atoms with van der Waals surface area (Å²) in [5.74, 6) is -1.58. The number of nitrogens with one attached hydrogen (secondary N) is 1. The Morgan fingerprint density at radius 3 is 2.57 bits per heavy atom. The summed E-state index contributed by atoms with van der Waals surface area (Å²) in [6.07, 6.45) is 0. The highest BCUT2D eigenvalue weighted by Gasteiger charge is 2.19. The summed E-state index contributed by atoms with van der Waals surface area (Å²) >= 11 is 11.9. The monoisotopic (exact) mass is 356 g/mol. The van der Waals surface area contributed by atoms with Crippen molar-refractivity contribution in [1.82, 2.24) is 5.32 Å². The van der Waals surface area contributed by atoms with E-state index in [4.69, 9.17) is 23.2 Å². The molecule has 0 aliphatic rings. The molecule has 0 heterocycles. The number of halogens is 3. The Balaban J connectivity index is 2.21. The van der Waals surface area contributed by atoms with E-state index in [2.05, 4.69) is 5.32 Å². The molecular formula is C15H11Cl2FN2O3. The fourth-order valence-electron chi connectivity index (χ4n) is 2.00. The predicted molar refractivity (Wildman–Crippen MR) is 85.4 cm³/mol. The average Bonchev–Trinajstić information content (AvgIpc) is 2.46. The summed E-state index contributed by atoms with van der Waals surface area (Å²) in [7, 11) is 0. The van der Waals surface area contributed by atoms with Crippen LogP contribution in [0.4, 0.5) is 10.1 Å². The SMILES string of the molecule is C[C@@H](NC(=O)c1ccc(F)c([N+](=O)[O-])c1)c1ccc(Cl)cc1Cl. The van der Waals surface area contributed by atoms with Gasteiger partial charge in [0, 0.05) is 21.7 Å². The highest BCUT2D eigenvalue weighted by atomic mass is 35.5. The summed E-state index contributed by atoms with van der Waals surface area (Å²) in [4.78, 5) is 22.0. The number of amides is 1. The van der Waals surface area contributed by atoms with Crippen LogP contribution in [0.25, 0.3) is 0 Å². The van der Waals surface area contributed by atoms with E-state index in [1.54, 1.807) is 25.1 Å². The maximum absolute atomic E-state index is 13.3. The van der Waals surface area contributed by atoms with E-state index >= 15 is 0 Å². The van der Waals surface area contributed by atoms with E-state index in [0.29, 0.717) is 15.6 Å². The quantitative estimate of drug-likeness (QED) is 0.645. The van der Waals surface area contributed by atoms with Gasteiger partial charge in [0.15, 0.2) is 0 Å². The van der Waals surface area contributed by atoms with Gasteiger partial charge < -0.3 is 5.32 Å². The molecule has 0 spiro atoms. The molecule has 1 N–H and O–H groups in total. The van der Waals surface area contributed by atoms with Crippen LogP contribution in [0.3, 0.4) is 0 Å². The highest BCUT2D eigenvalue weighted by molar-refractivity contribution is 6.35. The van der Waals surface area contributed by atoms with Crippen molar-refractivity contribution in [2.24, 2.45) is 0 Å².